The van der Waals surface area contributed by atoms with E-state index in [1.54, 1.807) is 0 Å². The maximum atomic E-state index is 6.07. The second-order valence-corrected chi connectivity index (χ2v) is 10.3. The van der Waals surface area contributed by atoms with Gasteiger partial charge in [0.2, 0.25) is 8.32 Å². The van der Waals surface area contributed by atoms with Crippen LogP contribution < -0.4 is 0 Å². The summed E-state index contributed by atoms with van der Waals surface area (Å²) < 4.78 is 6.07. The minimum Gasteiger partial charge on any atom is -0.548 e. The SMILES string of the molecule is C[Si](C)(C)OC1=CC(Cc2ccccc2)CC1. The lowest BCUT2D eigenvalue weighted by atomic mass is 9.99. The maximum absolute atomic E-state index is 6.07. The van der Waals surface area contributed by atoms with Crippen LogP contribution in [0.15, 0.2) is 42.2 Å². The number of rotatable bonds is 4. The van der Waals surface area contributed by atoms with E-state index in [1.807, 2.05) is 0 Å². The highest BCUT2D eigenvalue weighted by molar-refractivity contribution is 6.70. The Balaban J connectivity index is 1.93. The third kappa shape index (κ3) is 4.04. The molecule has 2 heteroatoms. The van der Waals surface area contributed by atoms with E-state index in [-0.39, 0.29) is 0 Å². The fourth-order valence-electron chi connectivity index (χ4n) is 2.31. The molecule has 0 radical (unpaired) electrons. The van der Waals surface area contributed by atoms with Crippen LogP contribution in [0.25, 0.3) is 0 Å². The van der Waals surface area contributed by atoms with Gasteiger partial charge < -0.3 is 4.43 Å². The zero-order chi connectivity index (χ0) is 12.3. The zero-order valence-electron chi connectivity index (χ0n) is 11.1. The summed E-state index contributed by atoms with van der Waals surface area (Å²) in [7, 11) is -1.41. The van der Waals surface area contributed by atoms with E-state index < -0.39 is 8.32 Å². The molecule has 0 amide bonds. The molecule has 0 N–H and O–H groups in total. The van der Waals surface area contributed by atoms with Crippen molar-refractivity contribution in [3.8, 4) is 0 Å². The van der Waals surface area contributed by atoms with Crippen molar-refractivity contribution in [1.29, 1.82) is 0 Å². The Bertz CT molecular complexity index is 389. The average molecular weight is 246 g/mol. The molecule has 0 fully saturated rings. The molecule has 0 heterocycles. The molecule has 0 saturated heterocycles. The van der Waals surface area contributed by atoms with Gasteiger partial charge in [0.05, 0.1) is 5.76 Å². The van der Waals surface area contributed by atoms with Crippen LogP contribution in [0.3, 0.4) is 0 Å². The van der Waals surface area contributed by atoms with Crippen LogP contribution in [0.4, 0.5) is 0 Å². The van der Waals surface area contributed by atoms with Gasteiger partial charge in [-0.15, -0.1) is 0 Å². The van der Waals surface area contributed by atoms with Crippen LogP contribution in [0.2, 0.25) is 19.6 Å². The standard InChI is InChI=1S/C15H22OSi/c1-17(2,3)16-15-10-9-14(12-15)11-13-7-5-4-6-8-13/h4-8,12,14H,9-11H2,1-3H3. The summed E-state index contributed by atoms with van der Waals surface area (Å²) in [6.45, 7) is 6.75. The molecule has 92 valence electrons. The van der Waals surface area contributed by atoms with E-state index in [9.17, 15) is 0 Å². The van der Waals surface area contributed by atoms with Crippen LogP contribution in [-0.4, -0.2) is 8.32 Å². The van der Waals surface area contributed by atoms with Crippen molar-refractivity contribution in [3.05, 3.63) is 47.7 Å². The number of allylic oxidation sites excluding steroid dienone is 2. The minimum absolute atomic E-state index is 0.670. The molecule has 1 aromatic rings. The van der Waals surface area contributed by atoms with Gasteiger partial charge in [-0.2, -0.15) is 0 Å². The van der Waals surface area contributed by atoms with Crippen molar-refractivity contribution in [1.82, 2.24) is 0 Å². The van der Waals surface area contributed by atoms with Crippen molar-refractivity contribution < 1.29 is 4.43 Å². The van der Waals surface area contributed by atoms with E-state index in [2.05, 4.69) is 56.0 Å². The minimum atomic E-state index is -1.41. The Morgan fingerprint density at radius 2 is 1.88 bits per heavy atom. The largest absolute Gasteiger partial charge is 0.548 e. The van der Waals surface area contributed by atoms with Crippen LogP contribution in [0.5, 0.6) is 0 Å². The molecular formula is C15H22OSi. The lowest BCUT2D eigenvalue weighted by Gasteiger charge is -2.19. The van der Waals surface area contributed by atoms with Gasteiger partial charge in [-0.05, 0) is 50.0 Å². The van der Waals surface area contributed by atoms with Crippen molar-refractivity contribution in [2.45, 2.75) is 38.9 Å². The molecule has 0 spiro atoms. The average Bonchev–Trinajstić information content (AvgIpc) is 2.64. The molecule has 2 rings (SSSR count). The summed E-state index contributed by atoms with van der Waals surface area (Å²) in [5.74, 6) is 1.91. The fraction of sp³-hybridized carbons (Fsp3) is 0.467. The fourth-order valence-corrected chi connectivity index (χ4v) is 3.27. The van der Waals surface area contributed by atoms with Crippen LogP contribution in [0.1, 0.15) is 18.4 Å². The first-order valence-corrected chi connectivity index (χ1v) is 9.87. The normalized spacial score (nSPS) is 20.2. The van der Waals surface area contributed by atoms with Crippen molar-refractivity contribution in [2.75, 3.05) is 0 Å². The third-order valence-corrected chi connectivity index (χ3v) is 3.84. The molecule has 1 aliphatic rings. The van der Waals surface area contributed by atoms with Gasteiger partial charge in [0, 0.05) is 6.42 Å². The van der Waals surface area contributed by atoms with E-state index in [0.717, 1.165) is 12.8 Å². The highest BCUT2D eigenvalue weighted by Crippen LogP contribution is 2.29. The second-order valence-electron chi connectivity index (χ2n) is 5.84. The summed E-state index contributed by atoms with van der Waals surface area (Å²) in [6, 6.07) is 10.7. The van der Waals surface area contributed by atoms with E-state index >= 15 is 0 Å². The van der Waals surface area contributed by atoms with Crippen LogP contribution in [-0.2, 0) is 10.8 Å². The molecule has 0 aliphatic heterocycles. The summed E-state index contributed by atoms with van der Waals surface area (Å²) in [4.78, 5) is 0. The van der Waals surface area contributed by atoms with Gasteiger partial charge >= 0.3 is 0 Å². The molecule has 1 aromatic carbocycles. The van der Waals surface area contributed by atoms with Gasteiger partial charge in [0.25, 0.3) is 0 Å². The first-order valence-electron chi connectivity index (χ1n) is 6.46. The molecule has 1 nitrogen and oxygen atoms in total. The molecule has 1 atom stereocenters. The van der Waals surface area contributed by atoms with Crippen LogP contribution in [0, 0.1) is 5.92 Å². The highest BCUT2D eigenvalue weighted by atomic mass is 28.4. The van der Waals surface area contributed by atoms with Crippen molar-refractivity contribution in [3.63, 3.8) is 0 Å². The number of hydrogen-bond acceptors (Lipinski definition) is 1. The summed E-state index contributed by atoms with van der Waals surface area (Å²) >= 11 is 0. The predicted molar refractivity (Wildman–Crippen MR) is 75.4 cm³/mol. The monoisotopic (exact) mass is 246 g/mol. The topological polar surface area (TPSA) is 9.23 Å². The molecule has 0 saturated carbocycles. The quantitative estimate of drug-likeness (QED) is 0.717. The number of hydrogen-bond donors (Lipinski definition) is 0. The van der Waals surface area contributed by atoms with Gasteiger partial charge in [0.15, 0.2) is 0 Å². The Morgan fingerprint density at radius 3 is 2.53 bits per heavy atom. The second kappa shape index (κ2) is 5.09. The number of benzene rings is 1. The zero-order valence-corrected chi connectivity index (χ0v) is 12.1. The van der Waals surface area contributed by atoms with Crippen molar-refractivity contribution >= 4 is 8.32 Å². The molecule has 17 heavy (non-hydrogen) atoms. The lowest BCUT2D eigenvalue weighted by Crippen LogP contribution is -2.24. The molecular weight excluding hydrogens is 224 g/mol. The Morgan fingerprint density at radius 1 is 1.18 bits per heavy atom. The Labute approximate surface area is 106 Å². The van der Waals surface area contributed by atoms with Gasteiger partial charge in [-0.3, -0.25) is 0 Å². The van der Waals surface area contributed by atoms with Crippen molar-refractivity contribution in [2.24, 2.45) is 5.92 Å². The molecule has 1 unspecified atom stereocenters. The smallest absolute Gasteiger partial charge is 0.241 e. The van der Waals surface area contributed by atoms with E-state index in [0.29, 0.717) is 5.92 Å². The van der Waals surface area contributed by atoms with E-state index in [1.165, 1.54) is 17.7 Å². The summed E-state index contributed by atoms with van der Waals surface area (Å²) in [6.07, 6.45) is 5.88. The predicted octanol–water partition coefficient (Wildman–Crippen LogP) is 4.37. The molecule has 0 aromatic heterocycles. The Kier molecular flexibility index (Phi) is 3.72. The molecule has 1 aliphatic carbocycles. The van der Waals surface area contributed by atoms with Gasteiger partial charge in [-0.1, -0.05) is 30.3 Å². The lowest BCUT2D eigenvalue weighted by molar-refractivity contribution is 0.407. The summed E-state index contributed by atoms with van der Waals surface area (Å²) in [5.41, 5.74) is 1.43. The van der Waals surface area contributed by atoms with Gasteiger partial charge in [0.1, 0.15) is 0 Å². The molecule has 0 bridgehead atoms. The first-order chi connectivity index (χ1) is 8.03. The Hall–Kier alpha value is -1.02. The maximum Gasteiger partial charge on any atom is 0.241 e. The van der Waals surface area contributed by atoms with E-state index in [4.69, 9.17) is 4.43 Å². The summed E-state index contributed by atoms with van der Waals surface area (Å²) in [5, 5.41) is 0. The third-order valence-electron chi connectivity index (χ3n) is 2.96. The van der Waals surface area contributed by atoms with Crippen LogP contribution >= 0.6 is 0 Å². The highest BCUT2D eigenvalue weighted by Gasteiger charge is 2.22. The van der Waals surface area contributed by atoms with Gasteiger partial charge in [-0.25, -0.2) is 0 Å². The first kappa shape index (κ1) is 12.4.